The van der Waals surface area contributed by atoms with Crippen molar-refractivity contribution < 1.29 is 4.79 Å². The van der Waals surface area contributed by atoms with Gasteiger partial charge in [-0.25, -0.2) is 0 Å². The summed E-state index contributed by atoms with van der Waals surface area (Å²) in [6, 6.07) is 11.9. The predicted molar refractivity (Wildman–Crippen MR) is 76.5 cm³/mol. The van der Waals surface area contributed by atoms with Gasteiger partial charge in [0.1, 0.15) is 17.4 Å². The Hall–Kier alpha value is -2.38. The van der Waals surface area contributed by atoms with Crippen molar-refractivity contribution in [3.05, 3.63) is 57.3 Å². The molecule has 0 saturated carbocycles. The third kappa shape index (κ3) is 2.79. The molecule has 0 aliphatic carbocycles. The smallest absolute Gasteiger partial charge is 0.269 e. The molecular formula is C15H11ClN2O2. The highest BCUT2D eigenvalue weighted by molar-refractivity contribution is 6.30. The number of ketones is 1. The highest BCUT2D eigenvalue weighted by atomic mass is 35.5. The molecule has 0 atom stereocenters. The lowest BCUT2D eigenvalue weighted by molar-refractivity contribution is -0.117. The van der Waals surface area contributed by atoms with Crippen molar-refractivity contribution in [1.29, 1.82) is 5.26 Å². The molecule has 4 nitrogen and oxygen atoms in total. The number of nitrogens with zero attached hydrogens (tertiary/aromatic N) is 2. The summed E-state index contributed by atoms with van der Waals surface area (Å²) in [5, 5.41) is 9.50. The monoisotopic (exact) mass is 286 g/mol. The zero-order valence-corrected chi connectivity index (χ0v) is 11.5. The Morgan fingerprint density at radius 1 is 1.25 bits per heavy atom. The molecule has 2 aromatic rings. The van der Waals surface area contributed by atoms with Gasteiger partial charge in [0.05, 0.1) is 12.2 Å². The molecule has 0 unspecified atom stereocenters. The topological polar surface area (TPSA) is 62.9 Å². The van der Waals surface area contributed by atoms with Crippen molar-refractivity contribution in [3.8, 4) is 17.3 Å². The van der Waals surface area contributed by atoms with E-state index in [-0.39, 0.29) is 17.9 Å². The van der Waals surface area contributed by atoms with Crippen LogP contribution in [0.15, 0.2) is 41.2 Å². The van der Waals surface area contributed by atoms with Gasteiger partial charge in [-0.05, 0) is 36.8 Å². The lowest BCUT2D eigenvalue weighted by Gasteiger charge is -2.12. The van der Waals surface area contributed by atoms with Crippen LogP contribution in [0.25, 0.3) is 11.3 Å². The average molecular weight is 287 g/mol. The van der Waals surface area contributed by atoms with Gasteiger partial charge in [0.15, 0.2) is 0 Å². The van der Waals surface area contributed by atoms with Gasteiger partial charge < -0.3 is 0 Å². The summed E-state index contributed by atoms with van der Waals surface area (Å²) in [5.74, 6) is -0.155. The number of benzene rings is 1. The van der Waals surface area contributed by atoms with Gasteiger partial charge >= 0.3 is 0 Å². The lowest BCUT2D eigenvalue weighted by Crippen LogP contribution is -2.26. The van der Waals surface area contributed by atoms with Crippen molar-refractivity contribution >= 4 is 17.4 Å². The highest BCUT2D eigenvalue weighted by Gasteiger charge is 2.11. The zero-order valence-electron chi connectivity index (χ0n) is 10.8. The number of halogens is 1. The number of carbonyl (C=O) groups excluding carboxylic acids is 1. The molecule has 20 heavy (non-hydrogen) atoms. The van der Waals surface area contributed by atoms with Crippen molar-refractivity contribution in [2.75, 3.05) is 0 Å². The molecule has 0 spiro atoms. The van der Waals surface area contributed by atoms with Crippen LogP contribution in [0.2, 0.25) is 5.02 Å². The van der Waals surface area contributed by atoms with E-state index in [0.717, 1.165) is 5.56 Å². The van der Waals surface area contributed by atoms with Crippen LogP contribution in [0.5, 0.6) is 0 Å². The number of hydrogen-bond acceptors (Lipinski definition) is 3. The molecular weight excluding hydrogens is 276 g/mol. The standard InChI is InChI=1S/C15H11ClN2O2/c1-10(19)9-18-14(7-4-12(8-17)15(18)20)11-2-5-13(16)6-3-11/h2-7H,9H2,1H3. The quantitative estimate of drug-likeness (QED) is 0.871. The third-order valence-electron chi connectivity index (χ3n) is 2.82. The van der Waals surface area contributed by atoms with Crippen LogP contribution in [0, 0.1) is 11.3 Å². The Kier molecular flexibility index (Phi) is 4.02. The minimum atomic E-state index is -0.463. The molecule has 0 saturated heterocycles. The summed E-state index contributed by atoms with van der Waals surface area (Å²) in [5.41, 5.74) is 0.900. The van der Waals surface area contributed by atoms with Crippen LogP contribution in [0.4, 0.5) is 0 Å². The Labute approximate surface area is 120 Å². The van der Waals surface area contributed by atoms with Gasteiger partial charge in [0.2, 0.25) is 0 Å². The second-order valence-corrected chi connectivity index (χ2v) is 4.78. The van der Waals surface area contributed by atoms with Crippen molar-refractivity contribution in [2.45, 2.75) is 13.5 Å². The van der Waals surface area contributed by atoms with E-state index in [1.807, 2.05) is 6.07 Å². The summed E-state index contributed by atoms with van der Waals surface area (Å²) in [4.78, 5) is 23.5. The summed E-state index contributed by atoms with van der Waals surface area (Å²) in [6.07, 6.45) is 0. The average Bonchev–Trinajstić information content (AvgIpc) is 2.42. The first kappa shape index (κ1) is 14.0. The van der Waals surface area contributed by atoms with Crippen molar-refractivity contribution in [1.82, 2.24) is 4.57 Å². The van der Waals surface area contributed by atoms with Gasteiger partial charge in [0.25, 0.3) is 5.56 Å². The largest absolute Gasteiger partial charge is 0.300 e. The fourth-order valence-electron chi connectivity index (χ4n) is 1.92. The van der Waals surface area contributed by atoms with Gasteiger partial charge in [-0.1, -0.05) is 23.7 Å². The van der Waals surface area contributed by atoms with Gasteiger partial charge in [-0.3, -0.25) is 14.2 Å². The van der Waals surface area contributed by atoms with E-state index in [9.17, 15) is 9.59 Å². The van der Waals surface area contributed by atoms with E-state index in [2.05, 4.69) is 0 Å². The molecule has 1 aromatic carbocycles. The molecule has 0 aliphatic heterocycles. The lowest BCUT2D eigenvalue weighted by atomic mass is 10.1. The van der Waals surface area contributed by atoms with Crippen LogP contribution >= 0.6 is 11.6 Å². The van der Waals surface area contributed by atoms with Gasteiger partial charge in [0, 0.05) is 5.02 Å². The van der Waals surface area contributed by atoms with Crippen LogP contribution < -0.4 is 5.56 Å². The van der Waals surface area contributed by atoms with Crippen molar-refractivity contribution in [3.63, 3.8) is 0 Å². The van der Waals surface area contributed by atoms with E-state index in [4.69, 9.17) is 16.9 Å². The maximum absolute atomic E-state index is 12.2. The fraction of sp³-hybridized carbons (Fsp3) is 0.133. The molecule has 1 heterocycles. The molecule has 100 valence electrons. The molecule has 0 fully saturated rings. The Morgan fingerprint density at radius 2 is 1.90 bits per heavy atom. The maximum atomic E-state index is 12.2. The minimum absolute atomic E-state index is 0.0176. The Bertz CT molecular complexity index is 755. The third-order valence-corrected chi connectivity index (χ3v) is 3.07. The molecule has 2 rings (SSSR count). The molecule has 0 bridgehead atoms. The molecule has 1 aromatic heterocycles. The first-order valence-electron chi connectivity index (χ1n) is 5.92. The summed E-state index contributed by atoms with van der Waals surface area (Å²) < 4.78 is 1.31. The second-order valence-electron chi connectivity index (χ2n) is 4.34. The van der Waals surface area contributed by atoms with Gasteiger partial charge in [-0.15, -0.1) is 0 Å². The van der Waals surface area contributed by atoms with Crippen LogP contribution in [0.3, 0.4) is 0 Å². The SMILES string of the molecule is CC(=O)Cn1c(-c2ccc(Cl)cc2)ccc(C#N)c1=O. The molecule has 0 N–H and O–H groups in total. The fourth-order valence-corrected chi connectivity index (χ4v) is 2.04. The number of Topliss-reactive ketones (excluding diaryl/α,β-unsaturated/α-hetero) is 1. The van der Waals surface area contributed by atoms with E-state index < -0.39 is 5.56 Å². The van der Waals surface area contributed by atoms with E-state index in [0.29, 0.717) is 10.7 Å². The van der Waals surface area contributed by atoms with Crippen molar-refractivity contribution in [2.24, 2.45) is 0 Å². The minimum Gasteiger partial charge on any atom is -0.300 e. The normalized spacial score (nSPS) is 10.1. The second kappa shape index (κ2) is 5.72. The van der Waals surface area contributed by atoms with E-state index >= 15 is 0 Å². The zero-order chi connectivity index (χ0) is 14.7. The van der Waals surface area contributed by atoms with Crippen LogP contribution in [0.1, 0.15) is 12.5 Å². The number of aromatic nitrogens is 1. The predicted octanol–water partition coefficient (Wildman–Crippen LogP) is 2.63. The maximum Gasteiger partial charge on any atom is 0.269 e. The molecule has 0 aliphatic rings. The summed E-state index contributed by atoms with van der Waals surface area (Å²) >= 11 is 5.84. The highest BCUT2D eigenvalue weighted by Crippen LogP contribution is 2.20. The van der Waals surface area contributed by atoms with Gasteiger partial charge in [-0.2, -0.15) is 5.26 Å². The summed E-state index contributed by atoms with van der Waals surface area (Å²) in [6.45, 7) is 1.34. The summed E-state index contributed by atoms with van der Waals surface area (Å²) in [7, 11) is 0. The Balaban J connectivity index is 2.67. The number of rotatable bonds is 3. The number of carbonyl (C=O) groups is 1. The molecule has 0 amide bonds. The Morgan fingerprint density at radius 3 is 2.45 bits per heavy atom. The number of nitriles is 1. The first-order chi connectivity index (χ1) is 9.52. The van der Waals surface area contributed by atoms with E-state index in [1.54, 1.807) is 30.3 Å². The molecule has 5 heteroatoms. The number of pyridine rings is 1. The van der Waals surface area contributed by atoms with Crippen LogP contribution in [-0.2, 0) is 11.3 Å². The van der Waals surface area contributed by atoms with E-state index in [1.165, 1.54) is 17.6 Å². The molecule has 0 radical (unpaired) electrons. The van der Waals surface area contributed by atoms with Crippen LogP contribution in [-0.4, -0.2) is 10.4 Å². The first-order valence-corrected chi connectivity index (χ1v) is 6.30. The number of hydrogen-bond donors (Lipinski definition) is 0.